The zero-order chi connectivity index (χ0) is 18.4. The Kier molecular flexibility index (Phi) is 6.45. The van der Waals surface area contributed by atoms with Crippen LogP contribution in [0.2, 0.25) is 0 Å². The molecule has 0 aliphatic carbocycles. The van der Waals surface area contributed by atoms with Gasteiger partial charge in [0.2, 0.25) is 10.0 Å². The summed E-state index contributed by atoms with van der Waals surface area (Å²) in [6.07, 6.45) is 0. The van der Waals surface area contributed by atoms with Crippen LogP contribution in [-0.2, 0) is 29.1 Å². The summed E-state index contributed by atoms with van der Waals surface area (Å²) >= 11 is 0. The van der Waals surface area contributed by atoms with Crippen molar-refractivity contribution in [1.29, 1.82) is 0 Å². The first-order chi connectivity index (χ1) is 11.8. The van der Waals surface area contributed by atoms with E-state index >= 15 is 0 Å². The van der Waals surface area contributed by atoms with Crippen LogP contribution < -0.4 is 0 Å². The lowest BCUT2D eigenvalue weighted by atomic mass is 10.4. The Morgan fingerprint density at radius 2 is 1.84 bits per heavy atom. The molecule has 25 heavy (non-hydrogen) atoms. The van der Waals surface area contributed by atoms with E-state index < -0.39 is 35.0 Å². The van der Waals surface area contributed by atoms with E-state index in [4.69, 9.17) is 9.47 Å². The minimum Gasteiger partial charge on any atom is -0.455 e. The van der Waals surface area contributed by atoms with Gasteiger partial charge in [-0.1, -0.05) is 0 Å². The highest BCUT2D eigenvalue weighted by atomic mass is 32.2. The van der Waals surface area contributed by atoms with E-state index in [1.165, 1.54) is 11.9 Å². The number of hydrogen-bond acceptors (Lipinski definition) is 6. The third kappa shape index (κ3) is 5.21. The summed E-state index contributed by atoms with van der Waals surface area (Å²) in [5.74, 6) is -1.78. The minimum atomic E-state index is -3.96. The topological polar surface area (TPSA) is 93.2 Å². The molecular formula is C15H19FN2O6S. The van der Waals surface area contributed by atoms with Crippen LogP contribution in [0.15, 0.2) is 29.2 Å². The number of rotatable bonds is 6. The maximum atomic E-state index is 12.9. The molecule has 0 saturated carbocycles. The number of ether oxygens (including phenoxy) is 2. The van der Waals surface area contributed by atoms with Crippen LogP contribution in [0.5, 0.6) is 0 Å². The average Bonchev–Trinajstić information content (AvgIpc) is 2.60. The van der Waals surface area contributed by atoms with Gasteiger partial charge in [-0.15, -0.1) is 0 Å². The average molecular weight is 374 g/mol. The zero-order valence-corrected chi connectivity index (χ0v) is 14.5. The van der Waals surface area contributed by atoms with Crippen molar-refractivity contribution in [3.8, 4) is 0 Å². The molecule has 0 bridgehead atoms. The molecule has 1 heterocycles. The number of esters is 1. The van der Waals surface area contributed by atoms with Gasteiger partial charge >= 0.3 is 5.97 Å². The van der Waals surface area contributed by atoms with E-state index in [9.17, 15) is 22.4 Å². The molecule has 0 spiro atoms. The van der Waals surface area contributed by atoms with Crippen LogP contribution in [0.25, 0.3) is 0 Å². The number of likely N-dealkylation sites (N-methyl/N-ethyl adjacent to an activating group) is 1. The molecule has 2 rings (SSSR count). The molecule has 138 valence electrons. The number of morpholine rings is 1. The number of halogens is 1. The molecule has 10 heteroatoms. The van der Waals surface area contributed by atoms with E-state index in [1.54, 1.807) is 0 Å². The fraction of sp³-hybridized carbons (Fsp3) is 0.467. The Morgan fingerprint density at radius 3 is 2.44 bits per heavy atom. The summed E-state index contributed by atoms with van der Waals surface area (Å²) in [5.41, 5.74) is 0. The van der Waals surface area contributed by atoms with Gasteiger partial charge in [0, 0.05) is 20.1 Å². The van der Waals surface area contributed by atoms with Gasteiger partial charge < -0.3 is 14.4 Å². The van der Waals surface area contributed by atoms with Gasteiger partial charge in [0.1, 0.15) is 12.4 Å². The molecule has 1 aromatic rings. The lowest BCUT2D eigenvalue weighted by Crippen LogP contribution is -2.43. The fourth-order valence-electron chi connectivity index (χ4n) is 2.15. The van der Waals surface area contributed by atoms with Crippen molar-refractivity contribution in [1.82, 2.24) is 9.21 Å². The molecule has 0 N–H and O–H groups in total. The second-order valence-corrected chi connectivity index (χ2v) is 7.41. The minimum absolute atomic E-state index is 0.145. The Bertz CT molecular complexity index is 716. The van der Waals surface area contributed by atoms with Crippen molar-refractivity contribution in [3.05, 3.63) is 30.1 Å². The number of sulfonamides is 1. The quantitative estimate of drug-likeness (QED) is 0.643. The van der Waals surface area contributed by atoms with Crippen LogP contribution in [0, 0.1) is 5.82 Å². The summed E-state index contributed by atoms with van der Waals surface area (Å²) in [7, 11) is -2.76. The summed E-state index contributed by atoms with van der Waals surface area (Å²) in [4.78, 5) is 25.0. The summed E-state index contributed by atoms with van der Waals surface area (Å²) in [6, 6.07) is 4.24. The second kappa shape index (κ2) is 8.37. The van der Waals surface area contributed by atoms with Gasteiger partial charge in [-0.05, 0) is 24.3 Å². The maximum absolute atomic E-state index is 12.9. The molecule has 8 nitrogen and oxygen atoms in total. The number of carbonyl (C=O) groups excluding carboxylic acids is 2. The highest BCUT2D eigenvalue weighted by Crippen LogP contribution is 2.14. The zero-order valence-electron chi connectivity index (χ0n) is 13.7. The number of amides is 1. The SMILES string of the molecule is CN(CC(=O)OCC(=O)N1CCOCC1)S(=O)(=O)c1ccc(F)cc1. The van der Waals surface area contributed by atoms with Crippen molar-refractivity contribution in [3.63, 3.8) is 0 Å². The maximum Gasteiger partial charge on any atom is 0.321 e. The number of carbonyl (C=O) groups is 2. The second-order valence-electron chi connectivity index (χ2n) is 5.37. The van der Waals surface area contributed by atoms with E-state index in [2.05, 4.69) is 0 Å². The van der Waals surface area contributed by atoms with Gasteiger partial charge in [-0.3, -0.25) is 9.59 Å². The van der Waals surface area contributed by atoms with Crippen LogP contribution in [0.3, 0.4) is 0 Å². The van der Waals surface area contributed by atoms with Gasteiger partial charge in [0.15, 0.2) is 6.61 Å². The molecule has 1 aliphatic rings. The van der Waals surface area contributed by atoms with Crippen LogP contribution in [-0.4, -0.2) is 76.0 Å². The molecule has 0 atom stereocenters. The third-order valence-electron chi connectivity index (χ3n) is 3.59. The van der Waals surface area contributed by atoms with Crippen molar-refractivity contribution >= 4 is 21.9 Å². The Labute approximate surface area is 145 Å². The van der Waals surface area contributed by atoms with Crippen LogP contribution in [0.1, 0.15) is 0 Å². The highest BCUT2D eigenvalue weighted by Gasteiger charge is 2.24. The normalized spacial score (nSPS) is 15.2. The Balaban J connectivity index is 1.86. The predicted molar refractivity (Wildman–Crippen MR) is 84.6 cm³/mol. The van der Waals surface area contributed by atoms with Crippen LogP contribution >= 0.6 is 0 Å². The monoisotopic (exact) mass is 374 g/mol. The molecular weight excluding hydrogens is 355 g/mol. The Hall–Kier alpha value is -2.04. The highest BCUT2D eigenvalue weighted by molar-refractivity contribution is 7.89. The van der Waals surface area contributed by atoms with Gasteiger partial charge in [0.05, 0.1) is 18.1 Å². The van der Waals surface area contributed by atoms with Crippen molar-refractivity contribution in [2.24, 2.45) is 0 Å². The first-order valence-electron chi connectivity index (χ1n) is 7.54. The first kappa shape index (κ1) is 19.3. The molecule has 0 aromatic heterocycles. The van der Waals surface area contributed by atoms with E-state index in [1.807, 2.05) is 0 Å². The summed E-state index contributed by atoms with van der Waals surface area (Å²) < 4.78 is 48.2. The number of nitrogens with zero attached hydrogens (tertiary/aromatic N) is 2. The molecule has 0 radical (unpaired) electrons. The van der Waals surface area contributed by atoms with Gasteiger partial charge in [0.25, 0.3) is 5.91 Å². The van der Waals surface area contributed by atoms with Crippen LogP contribution in [0.4, 0.5) is 4.39 Å². The van der Waals surface area contributed by atoms with Crippen molar-refractivity contribution in [2.45, 2.75) is 4.90 Å². The third-order valence-corrected chi connectivity index (χ3v) is 5.41. The van der Waals surface area contributed by atoms with Gasteiger partial charge in [-0.25, -0.2) is 12.8 Å². The fourth-order valence-corrected chi connectivity index (χ4v) is 3.26. The largest absolute Gasteiger partial charge is 0.455 e. The lowest BCUT2D eigenvalue weighted by molar-refractivity contribution is -0.153. The summed E-state index contributed by atoms with van der Waals surface area (Å²) in [6.45, 7) is 0.695. The number of benzene rings is 1. The summed E-state index contributed by atoms with van der Waals surface area (Å²) in [5, 5.41) is 0. The van der Waals surface area contributed by atoms with Crippen molar-refractivity contribution < 1.29 is 31.9 Å². The molecule has 1 aliphatic heterocycles. The van der Waals surface area contributed by atoms with E-state index in [-0.39, 0.29) is 10.8 Å². The standard InChI is InChI=1S/C15H19FN2O6S/c1-17(25(21,22)13-4-2-12(16)3-5-13)10-15(20)24-11-14(19)18-6-8-23-9-7-18/h2-5H,6-11H2,1H3. The lowest BCUT2D eigenvalue weighted by Gasteiger charge is -2.26. The van der Waals surface area contributed by atoms with Gasteiger partial charge in [-0.2, -0.15) is 4.31 Å². The molecule has 1 aromatic carbocycles. The molecule has 0 unspecified atom stereocenters. The molecule has 1 fully saturated rings. The Morgan fingerprint density at radius 1 is 1.24 bits per heavy atom. The predicted octanol–water partition coefficient (Wildman–Crippen LogP) is -0.152. The smallest absolute Gasteiger partial charge is 0.321 e. The molecule has 1 amide bonds. The van der Waals surface area contributed by atoms with E-state index in [0.717, 1.165) is 28.6 Å². The van der Waals surface area contributed by atoms with E-state index in [0.29, 0.717) is 26.3 Å². The van der Waals surface area contributed by atoms with Crippen molar-refractivity contribution in [2.75, 3.05) is 46.5 Å². The molecule has 1 saturated heterocycles. The first-order valence-corrected chi connectivity index (χ1v) is 8.98. The number of hydrogen-bond donors (Lipinski definition) is 0.